The van der Waals surface area contributed by atoms with E-state index in [1.54, 1.807) is 0 Å². The van der Waals surface area contributed by atoms with Gasteiger partial charge in [-0.1, -0.05) is 37.5 Å². The van der Waals surface area contributed by atoms with Gasteiger partial charge in [0.15, 0.2) is 0 Å². The van der Waals surface area contributed by atoms with Gasteiger partial charge in [0.05, 0.1) is 5.92 Å². The Morgan fingerprint density at radius 1 is 1.10 bits per heavy atom. The van der Waals surface area contributed by atoms with E-state index in [0.29, 0.717) is 12.0 Å². The number of rotatable bonds is 2. The van der Waals surface area contributed by atoms with Gasteiger partial charge in [0.25, 0.3) is 0 Å². The van der Waals surface area contributed by atoms with Crippen LogP contribution in [-0.2, 0) is 0 Å². The van der Waals surface area contributed by atoms with Crippen molar-refractivity contribution >= 4 is 5.69 Å². The smallest absolute Gasteiger partial charge is 0.142 e. The molecular formula is C16H20N4. The topological polar surface area (TPSA) is 42.7 Å². The van der Waals surface area contributed by atoms with Gasteiger partial charge in [0.2, 0.25) is 0 Å². The summed E-state index contributed by atoms with van der Waals surface area (Å²) in [4.78, 5) is 0. The molecule has 1 atom stereocenters. The summed E-state index contributed by atoms with van der Waals surface area (Å²) in [5.41, 5.74) is 2.60. The molecule has 0 radical (unpaired) electrons. The van der Waals surface area contributed by atoms with Crippen LogP contribution < -0.4 is 5.32 Å². The summed E-state index contributed by atoms with van der Waals surface area (Å²) in [6.45, 7) is 0.935. The van der Waals surface area contributed by atoms with Crippen molar-refractivity contribution in [3.8, 4) is 0 Å². The Kier molecular flexibility index (Phi) is 2.94. The van der Waals surface area contributed by atoms with E-state index >= 15 is 0 Å². The van der Waals surface area contributed by atoms with Gasteiger partial charge < -0.3 is 9.88 Å². The molecule has 1 unspecified atom stereocenters. The van der Waals surface area contributed by atoms with Crippen LogP contribution in [-0.4, -0.2) is 21.3 Å². The highest BCUT2D eigenvalue weighted by molar-refractivity contribution is 5.59. The van der Waals surface area contributed by atoms with Crippen LogP contribution in [0.3, 0.4) is 0 Å². The molecule has 1 aromatic carbocycles. The molecule has 2 heterocycles. The largest absolute Gasteiger partial charge is 0.384 e. The summed E-state index contributed by atoms with van der Waals surface area (Å²) in [6.07, 6.45) is 8.53. The van der Waals surface area contributed by atoms with Crippen LogP contribution in [0.2, 0.25) is 0 Å². The monoisotopic (exact) mass is 268 g/mol. The zero-order valence-corrected chi connectivity index (χ0v) is 11.6. The number of aromatic nitrogens is 3. The summed E-state index contributed by atoms with van der Waals surface area (Å²) >= 11 is 0. The minimum atomic E-state index is 0.343. The third-order valence-electron chi connectivity index (χ3n) is 4.71. The molecule has 0 amide bonds. The number of para-hydroxylation sites is 1. The maximum Gasteiger partial charge on any atom is 0.142 e. The quantitative estimate of drug-likeness (QED) is 0.908. The molecular weight excluding hydrogens is 248 g/mol. The summed E-state index contributed by atoms with van der Waals surface area (Å²) in [5, 5.41) is 12.1. The van der Waals surface area contributed by atoms with Crippen molar-refractivity contribution in [3.63, 3.8) is 0 Å². The molecule has 4 heteroatoms. The lowest BCUT2D eigenvalue weighted by atomic mass is 9.94. The number of benzene rings is 1. The molecule has 0 spiro atoms. The second kappa shape index (κ2) is 4.93. The van der Waals surface area contributed by atoms with E-state index in [9.17, 15) is 0 Å². The molecule has 2 aliphatic rings. The molecule has 2 aromatic rings. The highest BCUT2D eigenvalue weighted by Crippen LogP contribution is 2.37. The Hall–Kier alpha value is -1.84. The van der Waals surface area contributed by atoms with Crippen LogP contribution in [0, 0.1) is 0 Å². The Bertz CT molecular complexity index is 598. The van der Waals surface area contributed by atoms with E-state index in [0.717, 1.165) is 12.4 Å². The van der Waals surface area contributed by atoms with E-state index in [-0.39, 0.29) is 0 Å². The van der Waals surface area contributed by atoms with Crippen molar-refractivity contribution in [2.45, 2.75) is 44.1 Å². The van der Waals surface area contributed by atoms with Gasteiger partial charge in [-0.25, -0.2) is 0 Å². The van der Waals surface area contributed by atoms with Crippen LogP contribution in [0.25, 0.3) is 0 Å². The number of fused-ring (bicyclic) bond motifs is 1. The zero-order valence-electron chi connectivity index (χ0n) is 11.6. The third kappa shape index (κ3) is 1.90. The molecule has 1 N–H and O–H groups in total. The van der Waals surface area contributed by atoms with Crippen molar-refractivity contribution in [1.29, 1.82) is 0 Å². The van der Waals surface area contributed by atoms with Crippen molar-refractivity contribution < 1.29 is 0 Å². The highest BCUT2D eigenvalue weighted by Gasteiger charge is 2.29. The standard InChI is InChI=1S/C16H20N4/c1-2-6-12(7-3-1)20-11-18-19-16(20)14-10-17-15-9-5-4-8-13(14)15/h4-5,8-9,11-12,14,17H,1-3,6-7,10H2. The van der Waals surface area contributed by atoms with E-state index in [2.05, 4.69) is 44.3 Å². The maximum atomic E-state index is 4.45. The lowest BCUT2D eigenvalue weighted by molar-refractivity contribution is 0.343. The summed E-state index contributed by atoms with van der Waals surface area (Å²) in [6, 6.07) is 9.15. The number of nitrogens with one attached hydrogen (secondary N) is 1. The molecule has 1 aliphatic carbocycles. The van der Waals surface area contributed by atoms with Crippen molar-refractivity contribution in [2.75, 3.05) is 11.9 Å². The van der Waals surface area contributed by atoms with Gasteiger partial charge in [-0.15, -0.1) is 10.2 Å². The minimum Gasteiger partial charge on any atom is -0.384 e. The van der Waals surface area contributed by atoms with Crippen LogP contribution in [0.5, 0.6) is 0 Å². The van der Waals surface area contributed by atoms with Gasteiger partial charge in [-0.05, 0) is 24.5 Å². The average Bonchev–Trinajstić information content (AvgIpc) is 3.14. The SMILES string of the molecule is c1ccc2c(c1)NCC2c1nncn1C1CCCCC1. The Balaban J connectivity index is 1.68. The lowest BCUT2D eigenvalue weighted by Crippen LogP contribution is -2.18. The van der Waals surface area contributed by atoms with Crippen LogP contribution >= 0.6 is 0 Å². The van der Waals surface area contributed by atoms with E-state index in [1.807, 2.05) is 6.33 Å². The molecule has 0 saturated heterocycles. The lowest BCUT2D eigenvalue weighted by Gasteiger charge is -2.25. The Morgan fingerprint density at radius 2 is 1.95 bits per heavy atom. The van der Waals surface area contributed by atoms with Gasteiger partial charge >= 0.3 is 0 Å². The zero-order chi connectivity index (χ0) is 13.4. The minimum absolute atomic E-state index is 0.343. The molecule has 1 aliphatic heterocycles. The first-order valence-electron chi connectivity index (χ1n) is 7.65. The van der Waals surface area contributed by atoms with Gasteiger partial charge in [-0.2, -0.15) is 0 Å². The first-order valence-corrected chi connectivity index (χ1v) is 7.65. The first kappa shape index (κ1) is 11.9. The fourth-order valence-corrected chi connectivity index (χ4v) is 3.66. The number of anilines is 1. The third-order valence-corrected chi connectivity index (χ3v) is 4.71. The summed E-state index contributed by atoms with van der Waals surface area (Å²) in [5.74, 6) is 1.48. The van der Waals surface area contributed by atoms with E-state index < -0.39 is 0 Å². The van der Waals surface area contributed by atoms with Gasteiger partial charge in [0.1, 0.15) is 12.2 Å². The molecule has 1 fully saturated rings. The van der Waals surface area contributed by atoms with Crippen LogP contribution in [0.1, 0.15) is 55.5 Å². The fraction of sp³-hybridized carbons (Fsp3) is 0.500. The Labute approximate surface area is 119 Å². The molecule has 4 nitrogen and oxygen atoms in total. The highest BCUT2D eigenvalue weighted by atomic mass is 15.3. The molecule has 4 rings (SSSR count). The predicted molar refractivity (Wildman–Crippen MR) is 78.9 cm³/mol. The summed E-state index contributed by atoms with van der Waals surface area (Å²) < 4.78 is 2.34. The van der Waals surface area contributed by atoms with E-state index in [1.165, 1.54) is 43.4 Å². The van der Waals surface area contributed by atoms with Gasteiger partial charge in [0, 0.05) is 18.3 Å². The normalized spacial score (nSPS) is 22.5. The molecule has 0 bridgehead atoms. The second-order valence-corrected chi connectivity index (χ2v) is 5.91. The Morgan fingerprint density at radius 3 is 2.85 bits per heavy atom. The van der Waals surface area contributed by atoms with E-state index in [4.69, 9.17) is 0 Å². The second-order valence-electron chi connectivity index (χ2n) is 5.91. The predicted octanol–water partition coefficient (Wildman–Crippen LogP) is 3.34. The molecule has 104 valence electrons. The number of nitrogens with zero attached hydrogens (tertiary/aromatic N) is 3. The van der Waals surface area contributed by atoms with Crippen molar-refractivity contribution in [2.24, 2.45) is 0 Å². The van der Waals surface area contributed by atoms with Crippen molar-refractivity contribution in [1.82, 2.24) is 14.8 Å². The number of hydrogen-bond acceptors (Lipinski definition) is 3. The van der Waals surface area contributed by atoms with Gasteiger partial charge in [-0.3, -0.25) is 0 Å². The summed E-state index contributed by atoms with van der Waals surface area (Å²) in [7, 11) is 0. The van der Waals surface area contributed by atoms with Crippen molar-refractivity contribution in [3.05, 3.63) is 42.0 Å². The molecule has 1 saturated carbocycles. The fourth-order valence-electron chi connectivity index (χ4n) is 3.66. The molecule has 1 aromatic heterocycles. The van der Waals surface area contributed by atoms with Crippen LogP contribution in [0.4, 0.5) is 5.69 Å². The molecule has 20 heavy (non-hydrogen) atoms. The first-order chi connectivity index (χ1) is 9.93. The van der Waals surface area contributed by atoms with Crippen LogP contribution in [0.15, 0.2) is 30.6 Å². The average molecular weight is 268 g/mol. The maximum absolute atomic E-state index is 4.45. The number of hydrogen-bond donors (Lipinski definition) is 1.